The van der Waals surface area contributed by atoms with Gasteiger partial charge in [0.05, 0.1) is 0 Å². The Balaban J connectivity index is 2.15. The van der Waals surface area contributed by atoms with Crippen molar-refractivity contribution in [1.82, 2.24) is 0 Å². The lowest BCUT2D eigenvalue weighted by Crippen LogP contribution is -2.13. The van der Waals surface area contributed by atoms with E-state index in [0.29, 0.717) is 0 Å². The van der Waals surface area contributed by atoms with Gasteiger partial charge in [-0.3, -0.25) is 0 Å². The molecule has 2 aromatic rings. The molecule has 0 radical (unpaired) electrons. The second-order valence-electron chi connectivity index (χ2n) is 3.82. The average molecular weight is 276 g/mol. The van der Waals surface area contributed by atoms with Gasteiger partial charge in [0.2, 0.25) is 0 Å². The highest BCUT2D eigenvalue weighted by atomic mass is 79.9. The first kappa shape index (κ1) is 11.4. The highest BCUT2D eigenvalue weighted by Crippen LogP contribution is 2.23. The van der Waals surface area contributed by atoms with Gasteiger partial charge in [-0.05, 0) is 23.6 Å². The molecule has 16 heavy (non-hydrogen) atoms. The van der Waals surface area contributed by atoms with Crippen molar-refractivity contribution < 1.29 is 0 Å². The van der Waals surface area contributed by atoms with Crippen LogP contribution >= 0.6 is 15.9 Å². The van der Waals surface area contributed by atoms with E-state index in [1.54, 1.807) is 0 Å². The zero-order chi connectivity index (χ0) is 11.4. The zero-order valence-electron chi connectivity index (χ0n) is 8.94. The molecule has 0 saturated heterocycles. The molecule has 2 N–H and O–H groups in total. The van der Waals surface area contributed by atoms with Crippen LogP contribution in [-0.2, 0) is 6.42 Å². The Hall–Kier alpha value is -1.12. The lowest BCUT2D eigenvalue weighted by molar-refractivity contribution is 0.718. The molecule has 0 fully saturated rings. The van der Waals surface area contributed by atoms with Crippen LogP contribution in [-0.4, -0.2) is 0 Å². The Bertz CT molecular complexity index is 453. The normalized spacial score (nSPS) is 12.4. The van der Waals surface area contributed by atoms with E-state index in [9.17, 15) is 0 Å². The maximum Gasteiger partial charge on any atom is 0.0347 e. The maximum atomic E-state index is 6.20. The Kier molecular flexibility index (Phi) is 3.75. The predicted octanol–water partition coefficient (Wildman–Crippen LogP) is 3.69. The largest absolute Gasteiger partial charge is 0.324 e. The third-order valence-corrected chi connectivity index (χ3v) is 3.33. The summed E-state index contributed by atoms with van der Waals surface area (Å²) in [4.78, 5) is 0. The van der Waals surface area contributed by atoms with E-state index in [4.69, 9.17) is 5.73 Å². The summed E-state index contributed by atoms with van der Waals surface area (Å²) < 4.78 is 1.08. The molecule has 0 aliphatic rings. The van der Waals surface area contributed by atoms with Crippen molar-refractivity contribution in [2.24, 2.45) is 5.73 Å². The Morgan fingerprint density at radius 2 is 1.56 bits per heavy atom. The summed E-state index contributed by atoms with van der Waals surface area (Å²) in [6.45, 7) is 0. The van der Waals surface area contributed by atoms with Gasteiger partial charge in [-0.1, -0.05) is 64.5 Å². The van der Waals surface area contributed by atoms with Gasteiger partial charge in [-0.15, -0.1) is 0 Å². The van der Waals surface area contributed by atoms with Gasteiger partial charge in [-0.25, -0.2) is 0 Å². The molecule has 2 rings (SSSR count). The Labute approximate surface area is 104 Å². The lowest BCUT2D eigenvalue weighted by Gasteiger charge is -2.13. The van der Waals surface area contributed by atoms with Crippen LogP contribution in [0.4, 0.5) is 0 Å². The summed E-state index contributed by atoms with van der Waals surface area (Å²) in [5, 5.41) is 0. The number of hydrogen-bond acceptors (Lipinski definition) is 1. The third-order valence-electron chi connectivity index (χ3n) is 2.60. The fourth-order valence-electron chi connectivity index (χ4n) is 1.75. The van der Waals surface area contributed by atoms with Gasteiger partial charge < -0.3 is 5.73 Å². The summed E-state index contributed by atoms with van der Waals surface area (Å²) in [5.41, 5.74) is 8.63. The fourth-order valence-corrected chi connectivity index (χ4v) is 2.33. The van der Waals surface area contributed by atoms with Crippen molar-refractivity contribution in [3.8, 4) is 0 Å². The molecule has 1 nitrogen and oxygen atoms in total. The van der Waals surface area contributed by atoms with Crippen molar-refractivity contribution in [2.75, 3.05) is 0 Å². The lowest BCUT2D eigenvalue weighted by atomic mass is 10.00. The van der Waals surface area contributed by atoms with Gasteiger partial charge in [-0.2, -0.15) is 0 Å². The summed E-state index contributed by atoms with van der Waals surface area (Å²) in [6.07, 6.45) is 0.865. The van der Waals surface area contributed by atoms with Gasteiger partial charge in [0.15, 0.2) is 0 Å². The Morgan fingerprint density at radius 1 is 0.938 bits per heavy atom. The minimum absolute atomic E-state index is 0.0398. The van der Waals surface area contributed by atoms with Crippen molar-refractivity contribution in [3.05, 3.63) is 70.2 Å². The van der Waals surface area contributed by atoms with Crippen LogP contribution in [0, 0.1) is 0 Å². The van der Waals surface area contributed by atoms with Crippen molar-refractivity contribution in [3.63, 3.8) is 0 Å². The topological polar surface area (TPSA) is 26.0 Å². The van der Waals surface area contributed by atoms with E-state index in [0.717, 1.165) is 16.5 Å². The molecular formula is C14H14BrN. The SMILES string of the molecule is NC(Cc1ccccc1)c1ccccc1Br. The van der Waals surface area contributed by atoms with Crippen molar-refractivity contribution >= 4 is 15.9 Å². The van der Waals surface area contributed by atoms with Crippen LogP contribution in [0.3, 0.4) is 0 Å². The molecule has 0 aromatic heterocycles. The maximum absolute atomic E-state index is 6.20. The highest BCUT2D eigenvalue weighted by molar-refractivity contribution is 9.10. The number of nitrogens with two attached hydrogens (primary N) is 1. The van der Waals surface area contributed by atoms with Gasteiger partial charge in [0.25, 0.3) is 0 Å². The van der Waals surface area contributed by atoms with E-state index in [1.165, 1.54) is 5.56 Å². The van der Waals surface area contributed by atoms with Gasteiger partial charge in [0.1, 0.15) is 0 Å². The van der Waals surface area contributed by atoms with E-state index in [-0.39, 0.29) is 6.04 Å². The molecule has 1 atom stereocenters. The van der Waals surface area contributed by atoms with Crippen LogP contribution in [0.1, 0.15) is 17.2 Å². The summed E-state index contributed by atoms with van der Waals surface area (Å²) >= 11 is 3.53. The summed E-state index contributed by atoms with van der Waals surface area (Å²) in [6, 6.07) is 18.5. The first-order valence-corrected chi connectivity index (χ1v) is 6.10. The molecule has 2 heteroatoms. The second kappa shape index (κ2) is 5.28. The first-order chi connectivity index (χ1) is 7.77. The molecule has 0 aliphatic heterocycles. The fraction of sp³-hybridized carbons (Fsp3) is 0.143. The third kappa shape index (κ3) is 2.71. The predicted molar refractivity (Wildman–Crippen MR) is 71.2 cm³/mol. The minimum Gasteiger partial charge on any atom is -0.324 e. The highest BCUT2D eigenvalue weighted by Gasteiger charge is 2.09. The molecule has 0 saturated carbocycles. The summed E-state index contributed by atoms with van der Waals surface area (Å²) in [7, 11) is 0. The van der Waals surface area contributed by atoms with Crippen molar-refractivity contribution in [2.45, 2.75) is 12.5 Å². The molecule has 2 aromatic carbocycles. The van der Waals surface area contributed by atoms with Crippen LogP contribution in [0.25, 0.3) is 0 Å². The first-order valence-electron chi connectivity index (χ1n) is 5.31. The van der Waals surface area contributed by atoms with Crippen LogP contribution in [0.5, 0.6) is 0 Å². The van der Waals surface area contributed by atoms with Crippen molar-refractivity contribution in [1.29, 1.82) is 0 Å². The van der Waals surface area contributed by atoms with Crippen LogP contribution < -0.4 is 5.73 Å². The van der Waals surface area contributed by atoms with E-state index < -0.39 is 0 Å². The molecule has 0 bridgehead atoms. The number of benzene rings is 2. The number of rotatable bonds is 3. The monoisotopic (exact) mass is 275 g/mol. The van der Waals surface area contributed by atoms with Gasteiger partial charge in [0, 0.05) is 10.5 Å². The van der Waals surface area contributed by atoms with E-state index >= 15 is 0 Å². The van der Waals surface area contributed by atoms with E-state index in [1.807, 2.05) is 36.4 Å². The smallest absolute Gasteiger partial charge is 0.0347 e. The Morgan fingerprint density at radius 3 is 2.25 bits per heavy atom. The molecule has 82 valence electrons. The molecule has 0 aliphatic carbocycles. The molecule has 0 amide bonds. The quantitative estimate of drug-likeness (QED) is 0.909. The van der Waals surface area contributed by atoms with Crippen LogP contribution in [0.2, 0.25) is 0 Å². The second-order valence-corrected chi connectivity index (χ2v) is 4.67. The zero-order valence-corrected chi connectivity index (χ0v) is 10.5. The van der Waals surface area contributed by atoms with E-state index in [2.05, 4.69) is 34.1 Å². The molecular weight excluding hydrogens is 262 g/mol. The number of hydrogen-bond donors (Lipinski definition) is 1. The standard InChI is InChI=1S/C14H14BrN/c15-13-9-5-4-8-12(13)14(16)10-11-6-2-1-3-7-11/h1-9,14H,10,16H2. The van der Waals surface area contributed by atoms with Crippen LogP contribution in [0.15, 0.2) is 59.1 Å². The summed E-state index contributed by atoms with van der Waals surface area (Å²) in [5.74, 6) is 0. The molecule has 0 spiro atoms. The molecule has 1 unspecified atom stereocenters. The van der Waals surface area contributed by atoms with Gasteiger partial charge >= 0.3 is 0 Å². The minimum atomic E-state index is 0.0398. The molecule has 0 heterocycles. The number of halogens is 1. The average Bonchev–Trinajstić information content (AvgIpc) is 2.31.